The van der Waals surface area contributed by atoms with Crippen molar-refractivity contribution in [3.8, 4) is 17.2 Å². The van der Waals surface area contributed by atoms with Crippen LogP contribution in [0.1, 0.15) is 30.5 Å². The predicted molar refractivity (Wildman–Crippen MR) is 157 cm³/mol. The van der Waals surface area contributed by atoms with Crippen molar-refractivity contribution >= 4 is 52.0 Å². The van der Waals surface area contributed by atoms with Gasteiger partial charge in [0, 0.05) is 19.8 Å². The number of aliphatic hydroxyl groups is 1. The van der Waals surface area contributed by atoms with Crippen molar-refractivity contribution in [2.45, 2.75) is 19.4 Å². The number of nitrogens with zero attached hydrogens (tertiary/aromatic N) is 2. The Morgan fingerprint density at radius 1 is 1.00 bits per heavy atom. The highest BCUT2D eigenvalue weighted by Gasteiger charge is 2.48. The van der Waals surface area contributed by atoms with Crippen LogP contribution in [0.15, 0.2) is 60.2 Å². The summed E-state index contributed by atoms with van der Waals surface area (Å²) in [5, 5.41) is 11.8. The van der Waals surface area contributed by atoms with E-state index in [0.717, 1.165) is 12.1 Å². The molecular formula is C30H30Cl2N2O6. The fraction of sp³-hybridized carbons (Fsp3) is 0.267. The number of anilines is 2. The van der Waals surface area contributed by atoms with Crippen LogP contribution < -0.4 is 24.0 Å². The lowest BCUT2D eigenvalue weighted by molar-refractivity contribution is -0.132. The maximum absolute atomic E-state index is 13.7. The summed E-state index contributed by atoms with van der Waals surface area (Å²) in [6.07, 6.45) is 0.751. The van der Waals surface area contributed by atoms with E-state index >= 15 is 0 Å². The molecule has 0 bridgehead atoms. The maximum atomic E-state index is 13.7. The molecule has 3 aromatic rings. The molecule has 1 unspecified atom stereocenters. The number of rotatable bonds is 9. The Kier molecular flexibility index (Phi) is 8.81. The van der Waals surface area contributed by atoms with E-state index < -0.39 is 23.5 Å². The number of ether oxygens (including phenoxy) is 3. The van der Waals surface area contributed by atoms with Crippen molar-refractivity contribution in [3.63, 3.8) is 0 Å². The van der Waals surface area contributed by atoms with Crippen LogP contribution in [0.3, 0.4) is 0 Å². The van der Waals surface area contributed by atoms with E-state index in [4.69, 9.17) is 37.4 Å². The molecule has 0 aromatic heterocycles. The molecule has 40 heavy (non-hydrogen) atoms. The number of amides is 1. The van der Waals surface area contributed by atoms with Crippen LogP contribution in [0.2, 0.25) is 10.0 Å². The Balaban J connectivity index is 2.01. The van der Waals surface area contributed by atoms with Crippen molar-refractivity contribution in [1.82, 2.24) is 0 Å². The highest BCUT2D eigenvalue weighted by atomic mass is 35.5. The standard InChI is InChI=1S/C30H30Cl2N2O6/c1-6-15-40-22-10-8-7-9-21(22)34-25(17-11-13-18(14-12-17)33(2)3)23(27(36)30(34)37)26(35)19-16-20(31)29(39-5)24(32)28(19)38-4/h7-14,16,25,35H,6,15H2,1-5H3/b26-23+. The summed E-state index contributed by atoms with van der Waals surface area (Å²) in [4.78, 5) is 30.7. The third kappa shape index (κ3) is 5.17. The summed E-state index contributed by atoms with van der Waals surface area (Å²) in [6.45, 7) is 2.39. The number of para-hydroxylation sites is 2. The second-order valence-corrected chi connectivity index (χ2v) is 10.0. The van der Waals surface area contributed by atoms with Gasteiger partial charge in [-0.15, -0.1) is 0 Å². The number of ketones is 1. The largest absolute Gasteiger partial charge is 0.507 e. The molecule has 0 aliphatic carbocycles. The van der Waals surface area contributed by atoms with Gasteiger partial charge in [-0.25, -0.2) is 0 Å². The summed E-state index contributed by atoms with van der Waals surface area (Å²) in [5.41, 5.74) is 1.81. The second kappa shape index (κ2) is 12.1. The Labute approximate surface area is 243 Å². The topological polar surface area (TPSA) is 88.5 Å². The fourth-order valence-electron chi connectivity index (χ4n) is 4.63. The summed E-state index contributed by atoms with van der Waals surface area (Å²) in [6, 6.07) is 14.8. The predicted octanol–water partition coefficient (Wildman–Crippen LogP) is 6.49. The first-order chi connectivity index (χ1) is 19.2. The van der Waals surface area contributed by atoms with E-state index in [1.807, 2.05) is 50.2 Å². The maximum Gasteiger partial charge on any atom is 0.300 e. The summed E-state index contributed by atoms with van der Waals surface area (Å²) >= 11 is 12.9. The van der Waals surface area contributed by atoms with Crippen molar-refractivity contribution in [1.29, 1.82) is 0 Å². The molecule has 1 aliphatic heterocycles. The van der Waals surface area contributed by atoms with E-state index in [2.05, 4.69) is 0 Å². The molecule has 1 N–H and O–H groups in total. The lowest BCUT2D eigenvalue weighted by Crippen LogP contribution is -2.30. The first kappa shape index (κ1) is 29.1. The third-order valence-electron chi connectivity index (χ3n) is 6.55. The van der Waals surface area contributed by atoms with Gasteiger partial charge in [0.05, 0.1) is 48.7 Å². The summed E-state index contributed by atoms with van der Waals surface area (Å²) < 4.78 is 16.7. The molecular weight excluding hydrogens is 555 g/mol. The van der Waals surface area contributed by atoms with E-state index in [9.17, 15) is 14.7 Å². The number of Topliss-reactive ketones (excluding diaryl/α,β-unsaturated/α-hetero) is 1. The lowest BCUT2D eigenvalue weighted by atomic mass is 9.94. The van der Waals surface area contributed by atoms with Crippen LogP contribution in [0, 0.1) is 0 Å². The monoisotopic (exact) mass is 584 g/mol. The van der Waals surface area contributed by atoms with E-state index in [1.165, 1.54) is 25.2 Å². The fourth-order valence-corrected chi connectivity index (χ4v) is 5.32. The molecule has 4 rings (SSSR count). The van der Waals surface area contributed by atoms with Crippen LogP contribution in [-0.2, 0) is 9.59 Å². The zero-order valence-electron chi connectivity index (χ0n) is 22.8. The van der Waals surface area contributed by atoms with Gasteiger partial charge < -0.3 is 24.2 Å². The van der Waals surface area contributed by atoms with Crippen molar-refractivity contribution in [2.24, 2.45) is 0 Å². The van der Waals surface area contributed by atoms with Gasteiger partial charge in [0.25, 0.3) is 11.7 Å². The van der Waals surface area contributed by atoms with Gasteiger partial charge in [0.15, 0.2) is 11.5 Å². The first-order valence-electron chi connectivity index (χ1n) is 12.6. The van der Waals surface area contributed by atoms with E-state index in [1.54, 1.807) is 24.3 Å². The van der Waals surface area contributed by atoms with Gasteiger partial charge in [0.2, 0.25) is 0 Å². The quantitative estimate of drug-likeness (QED) is 0.174. The molecule has 1 heterocycles. The molecule has 0 spiro atoms. The number of aliphatic hydroxyl groups excluding tert-OH is 1. The van der Waals surface area contributed by atoms with E-state index in [0.29, 0.717) is 23.6 Å². The van der Waals surface area contributed by atoms with Crippen molar-refractivity contribution in [2.75, 3.05) is 44.7 Å². The Morgan fingerprint density at radius 3 is 2.25 bits per heavy atom. The Morgan fingerprint density at radius 2 is 1.65 bits per heavy atom. The highest BCUT2D eigenvalue weighted by Crippen LogP contribution is 2.49. The zero-order chi connectivity index (χ0) is 29.1. The Hall–Kier alpha value is -3.88. The van der Waals surface area contributed by atoms with Crippen LogP contribution in [0.5, 0.6) is 17.2 Å². The van der Waals surface area contributed by atoms with Crippen molar-refractivity contribution in [3.05, 3.63) is 81.3 Å². The molecule has 1 fully saturated rings. The Bertz CT molecular complexity index is 1470. The van der Waals surface area contributed by atoms with Gasteiger partial charge >= 0.3 is 0 Å². The van der Waals surface area contributed by atoms with Crippen molar-refractivity contribution < 1.29 is 28.9 Å². The number of hydrogen-bond acceptors (Lipinski definition) is 7. The molecule has 1 atom stereocenters. The minimum absolute atomic E-state index is 0.0125. The number of methoxy groups -OCH3 is 2. The van der Waals surface area contributed by atoms with Gasteiger partial charge in [-0.2, -0.15) is 0 Å². The molecule has 210 valence electrons. The number of halogens is 2. The van der Waals surface area contributed by atoms with Gasteiger partial charge in [-0.3, -0.25) is 14.5 Å². The molecule has 1 amide bonds. The van der Waals surface area contributed by atoms with Gasteiger partial charge in [0.1, 0.15) is 16.5 Å². The normalized spacial score (nSPS) is 16.3. The summed E-state index contributed by atoms with van der Waals surface area (Å²) in [7, 11) is 6.58. The minimum atomic E-state index is -0.994. The molecule has 8 nitrogen and oxygen atoms in total. The molecule has 1 aliphatic rings. The molecule has 3 aromatic carbocycles. The SMILES string of the molecule is CCCOc1ccccc1N1C(=O)C(=O)/C(=C(/O)c2cc(Cl)c(OC)c(Cl)c2OC)C1c1ccc(N(C)C)cc1. The van der Waals surface area contributed by atoms with Crippen LogP contribution in [-0.4, -0.2) is 51.7 Å². The minimum Gasteiger partial charge on any atom is -0.507 e. The van der Waals surface area contributed by atoms with Gasteiger partial charge in [-0.1, -0.05) is 54.4 Å². The molecule has 0 radical (unpaired) electrons. The average Bonchev–Trinajstić information content (AvgIpc) is 3.21. The number of carbonyl (C=O) groups is 2. The van der Waals surface area contributed by atoms with Crippen LogP contribution >= 0.6 is 23.2 Å². The number of hydrogen-bond donors (Lipinski definition) is 1. The third-order valence-corrected chi connectivity index (χ3v) is 7.17. The number of benzene rings is 3. The highest BCUT2D eigenvalue weighted by molar-refractivity contribution is 6.52. The van der Waals surface area contributed by atoms with E-state index in [-0.39, 0.29) is 32.7 Å². The van der Waals surface area contributed by atoms with Crippen LogP contribution in [0.4, 0.5) is 11.4 Å². The molecule has 1 saturated heterocycles. The summed E-state index contributed by atoms with van der Waals surface area (Å²) in [5.74, 6) is -1.56. The smallest absolute Gasteiger partial charge is 0.300 e. The van der Waals surface area contributed by atoms with Gasteiger partial charge in [-0.05, 0) is 42.3 Å². The first-order valence-corrected chi connectivity index (χ1v) is 13.3. The average molecular weight is 585 g/mol. The lowest BCUT2D eigenvalue weighted by Gasteiger charge is -2.27. The second-order valence-electron chi connectivity index (χ2n) is 9.26. The molecule has 0 saturated carbocycles. The zero-order valence-corrected chi connectivity index (χ0v) is 24.3. The number of carbonyl (C=O) groups excluding carboxylic acids is 2. The molecule has 10 heteroatoms. The van der Waals surface area contributed by atoms with Crippen LogP contribution in [0.25, 0.3) is 5.76 Å².